The number of halogens is 1. The fourth-order valence-electron chi connectivity index (χ4n) is 7.25. The molecule has 16 nitrogen and oxygen atoms in total. The van der Waals surface area contributed by atoms with E-state index in [0.29, 0.717) is 23.6 Å². The molecule has 4 bridgehead atoms. The van der Waals surface area contributed by atoms with E-state index in [1.165, 1.54) is 49.8 Å². The summed E-state index contributed by atoms with van der Waals surface area (Å²) in [5.41, 5.74) is -1.09. The number of carboxylic acids is 1. The number of ether oxygens (including phenoxy) is 5. The number of likely N-dealkylation sites (N-methyl/N-ethyl adjacent to an activating group) is 1. The Kier molecular flexibility index (Phi) is 16.4. The number of alkyl carbamates (subject to hydrolysis) is 1. The monoisotopic (exact) mass is 865 g/mol. The number of nitrogens with one attached hydrogen (secondary N) is 1. The molecule has 18 heteroatoms. The fraction of sp³-hybridized carbons (Fsp3) is 0.610. The van der Waals surface area contributed by atoms with Crippen molar-refractivity contribution < 1.29 is 62.7 Å². The molecule has 326 valence electrons. The van der Waals surface area contributed by atoms with Gasteiger partial charge in [0.05, 0.1) is 31.1 Å². The number of aliphatic hydroxyl groups is 1. The fourth-order valence-corrected chi connectivity index (χ4v) is 8.40. The maximum absolute atomic E-state index is 14.2. The maximum Gasteiger partial charge on any atom is 0.409 e. The molecule has 3 heterocycles. The van der Waals surface area contributed by atoms with Crippen LogP contribution in [0.5, 0.6) is 5.75 Å². The number of hydrogen-bond acceptors (Lipinski definition) is 13. The molecule has 2 fully saturated rings. The quantitative estimate of drug-likeness (QED) is 0.134. The van der Waals surface area contributed by atoms with Crippen molar-refractivity contribution in [3.63, 3.8) is 0 Å². The van der Waals surface area contributed by atoms with Crippen molar-refractivity contribution in [3.8, 4) is 5.75 Å². The highest BCUT2D eigenvalue weighted by Crippen LogP contribution is 2.49. The molecule has 0 unspecified atom stereocenters. The Morgan fingerprint density at radius 3 is 2.54 bits per heavy atom. The van der Waals surface area contributed by atoms with Crippen molar-refractivity contribution in [1.82, 2.24) is 10.2 Å². The van der Waals surface area contributed by atoms with E-state index in [0.717, 1.165) is 11.1 Å². The first-order chi connectivity index (χ1) is 27.7. The number of carbonyl (C=O) groups is 6. The minimum atomic E-state index is -1.86. The third-order valence-corrected chi connectivity index (χ3v) is 12.5. The van der Waals surface area contributed by atoms with Gasteiger partial charge in [0.2, 0.25) is 11.8 Å². The second-order valence-electron chi connectivity index (χ2n) is 15.5. The molecule has 3 amide bonds. The summed E-state index contributed by atoms with van der Waals surface area (Å²) in [6.45, 7) is 6.86. The molecule has 8 atom stereocenters. The molecule has 0 saturated carbocycles. The van der Waals surface area contributed by atoms with Gasteiger partial charge in [-0.1, -0.05) is 42.3 Å². The molecular weight excluding hydrogens is 810 g/mol. The average molecular weight is 866 g/mol. The molecule has 4 rings (SSSR count). The number of benzene rings is 1. The molecule has 1 aromatic carbocycles. The number of anilines is 1. The van der Waals surface area contributed by atoms with Gasteiger partial charge in [0, 0.05) is 58.6 Å². The number of esters is 1. The van der Waals surface area contributed by atoms with Crippen LogP contribution < -0.4 is 15.0 Å². The summed E-state index contributed by atoms with van der Waals surface area (Å²) in [6, 6.07) is 2.45. The van der Waals surface area contributed by atoms with Gasteiger partial charge in [-0.25, -0.2) is 9.59 Å². The number of Topliss-reactive ketones (excluding diaryl/α,β-unsaturated/α-hetero) is 1. The van der Waals surface area contributed by atoms with Crippen LogP contribution in [0.4, 0.5) is 10.5 Å². The molecular formula is C41H56ClN3O13S. The number of carboxylic acid groups (broad SMARTS) is 1. The summed E-state index contributed by atoms with van der Waals surface area (Å²) in [7, 11) is 5.88. The SMILES string of the molecule is COc1cc2cc(c1Cl)N(C)C(=O)C[C@H](OC(=O)[C@H](C)N(C)C(=O)CCSCC(=O)CCCC(=O)O)[C@]1(C)O[C@H]1[C@H](C)[C@@H]1C[C@@](O)(NC(=O)O1)[C@H](OC)/C=C/C=C(\C)C2. The van der Waals surface area contributed by atoms with Crippen LogP contribution in [0, 0.1) is 5.92 Å². The van der Waals surface area contributed by atoms with Gasteiger partial charge in [0.1, 0.15) is 46.5 Å². The summed E-state index contributed by atoms with van der Waals surface area (Å²) < 4.78 is 29.2. The zero-order valence-electron chi connectivity index (χ0n) is 34.8. The molecule has 1 aromatic rings. The van der Waals surface area contributed by atoms with Crippen LogP contribution in [0.15, 0.2) is 35.9 Å². The number of allylic oxidation sites excluding steroid dienone is 3. The number of amides is 3. The molecule has 0 radical (unpaired) electrons. The first kappa shape index (κ1) is 47.5. The van der Waals surface area contributed by atoms with E-state index in [4.69, 9.17) is 40.4 Å². The molecule has 0 aromatic heterocycles. The first-order valence-corrected chi connectivity index (χ1v) is 20.9. The van der Waals surface area contributed by atoms with Crippen LogP contribution in [0.1, 0.15) is 71.8 Å². The third kappa shape index (κ3) is 12.0. The van der Waals surface area contributed by atoms with Crippen molar-refractivity contribution in [2.24, 2.45) is 5.92 Å². The number of nitrogens with zero attached hydrogens (tertiary/aromatic N) is 2. The Morgan fingerprint density at radius 2 is 1.88 bits per heavy atom. The number of fused-ring (bicyclic) bond motifs is 5. The number of ketones is 1. The lowest BCUT2D eigenvalue weighted by Gasteiger charge is -2.42. The van der Waals surface area contributed by atoms with E-state index >= 15 is 0 Å². The van der Waals surface area contributed by atoms with Gasteiger partial charge in [-0.05, 0) is 51.3 Å². The molecule has 3 aliphatic heterocycles. The Balaban J connectivity index is 1.60. The van der Waals surface area contributed by atoms with Gasteiger partial charge < -0.3 is 43.7 Å². The Bertz CT molecular complexity index is 1830. The molecule has 3 aliphatic rings. The summed E-state index contributed by atoms with van der Waals surface area (Å²) in [5, 5.41) is 23.2. The van der Waals surface area contributed by atoms with Crippen molar-refractivity contribution in [1.29, 1.82) is 0 Å². The lowest BCUT2D eigenvalue weighted by atomic mass is 9.83. The lowest BCUT2D eigenvalue weighted by Crippen LogP contribution is -2.63. The van der Waals surface area contributed by atoms with E-state index in [1.54, 1.807) is 45.2 Å². The number of aliphatic carboxylic acids is 1. The summed E-state index contributed by atoms with van der Waals surface area (Å²) in [4.78, 5) is 79.4. The van der Waals surface area contributed by atoms with Crippen LogP contribution in [-0.2, 0) is 49.3 Å². The number of hydrogen-bond donors (Lipinski definition) is 3. The van der Waals surface area contributed by atoms with Crippen molar-refractivity contribution in [2.75, 3.05) is 44.7 Å². The predicted molar refractivity (Wildman–Crippen MR) is 219 cm³/mol. The molecule has 0 spiro atoms. The molecule has 3 N–H and O–H groups in total. The van der Waals surface area contributed by atoms with Crippen LogP contribution in [0.2, 0.25) is 5.02 Å². The summed E-state index contributed by atoms with van der Waals surface area (Å²) in [5.74, 6) is -2.53. The molecule has 59 heavy (non-hydrogen) atoms. The zero-order valence-corrected chi connectivity index (χ0v) is 36.4. The van der Waals surface area contributed by atoms with E-state index in [2.05, 4.69) is 5.32 Å². The van der Waals surface area contributed by atoms with E-state index in [1.807, 2.05) is 13.0 Å². The van der Waals surface area contributed by atoms with Crippen LogP contribution in [0.3, 0.4) is 0 Å². The molecule has 2 saturated heterocycles. The first-order valence-electron chi connectivity index (χ1n) is 19.4. The van der Waals surface area contributed by atoms with Crippen molar-refractivity contribution >= 4 is 64.7 Å². The second-order valence-corrected chi connectivity index (χ2v) is 17.0. The topological polar surface area (TPSA) is 211 Å². The Labute approximate surface area is 353 Å². The predicted octanol–water partition coefficient (Wildman–Crippen LogP) is 4.46. The largest absolute Gasteiger partial charge is 0.495 e. The maximum atomic E-state index is 14.2. The van der Waals surface area contributed by atoms with Gasteiger partial charge in [-0.3, -0.25) is 24.5 Å². The molecule has 0 aliphatic carbocycles. The summed E-state index contributed by atoms with van der Waals surface area (Å²) in [6.07, 6.45) is 0.868. The van der Waals surface area contributed by atoms with Gasteiger partial charge in [0.15, 0.2) is 5.72 Å². The highest BCUT2D eigenvalue weighted by atomic mass is 35.5. The summed E-state index contributed by atoms with van der Waals surface area (Å²) >= 11 is 8.01. The minimum Gasteiger partial charge on any atom is -0.495 e. The zero-order chi connectivity index (χ0) is 43.8. The van der Waals surface area contributed by atoms with Crippen LogP contribution in [0.25, 0.3) is 0 Å². The van der Waals surface area contributed by atoms with Crippen LogP contribution in [-0.4, -0.2) is 132 Å². The van der Waals surface area contributed by atoms with Crippen molar-refractivity contribution in [3.05, 3.63) is 46.5 Å². The Hall–Kier alpha value is -4.16. The average Bonchev–Trinajstić information content (AvgIpc) is 3.88. The van der Waals surface area contributed by atoms with E-state index in [-0.39, 0.29) is 61.0 Å². The number of methoxy groups -OCH3 is 2. The lowest BCUT2D eigenvalue weighted by molar-refractivity contribution is -0.162. The Morgan fingerprint density at radius 1 is 1.17 bits per heavy atom. The highest BCUT2D eigenvalue weighted by molar-refractivity contribution is 7.99. The number of carbonyl (C=O) groups excluding carboxylic acids is 5. The number of rotatable bonds is 14. The van der Waals surface area contributed by atoms with Gasteiger partial charge in [-0.2, -0.15) is 11.8 Å². The highest BCUT2D eigenvalue weighted by Gasteiger charge is 2.64. The van der Waals surface area contributed by atoms with Gasteiger partial charge in [0.25, 0.3) is 0 Å². The number of thioether (sulfide) groups is 1. The normalized spacial score (nSPS) is 29.1. The third-order valence-electron chi connectivity index (χ3n) is 11.1. The van der Waals surface area contributed by atoms with Gasteiger partial charge in [-0.15, -0.1) is 0 Å². The smallest absolute Gasteiger partial charge is 0.409 e. The number of epoxide rings is 1. The minimum absolute atomic E-state index is 0.0218. The van der Waals surface area contributed by atoms with E-state index < -0.39 is 71.6 Å². The standard InChI is InChI=1S/C41H56ClN3O13S/c1-23-11-9-13-31(55-8)41(53)21-30(56-39(52)43-41)24(2)37-40(4,58-37)32(20-34(48)45(6)28-18-26(17-23)19-29(54-7)36(28)42)57-38(51)25(3)44(5)33(47)15-16-59-22-27(46)12-10-14-35(49)50/h9,11,13,18-19,24-25,30-32,37,53H,10,12,14-17,20-22H2,1-8H3,(H,43,52)(H,49,50)/b13-9+,23-11+/t24-,25+,30+,31-,32+,37+,40+,41+/m1/s1. The van der Waals surface area contributed by atoms with Gasteiger partial charge >= 0.3 is 18.0 Å². The van der Waals surface area contributed by atoms with Crippen LogP contribution >= 0.6 is 23.4 Å². The van der Waals surface area contributed by atoms with Crippen molar-refractivity contribution in [2.45, 2.75) is 114 Å². The van der Waals surface area contributed by atoms with E-state index in [9.17, 15) is 33.9 Å². The second kappa shape index (κ2) is 20.4.